The van der Waals surface area contributed by atoms with Crippen LogP contribution in [0.4, 0.5) is 0 Å². The Bertz CT molecular complexity index is 1000. The van der Waals surface area contributed by atoms with Crippen molar-refractivity contribution in [3.8, 4) is 17.0 Å². The summed E-state index contributed by atoms with van der Waals surface area (Å²) in [5.41, 5.74) is 6.43. The molecule has 1 aliphatic rings. The average molecular weight is 523 g/mol. The van der Waals surface area contributed by atoms with Crippen LogP contribution in [0.3, 0.4) is 0 Å². The summed E-state index contributed by atoms with van der Waals surface area (Å²) in [6.45, 7) is 13.0. The molecule has 0 saturated heterocycles. The van der Waals surface area contributed by atoms with Gasteiger partial charge in [0.2, 0.25) is 0 Å². The van der Waals surface area contributed by atoms with Gasteiger partial charge >= 0.3 is 0 Å². The van der Waals surface area contributed by atoms with Crippen LogP contribution >= 0.6 is 0 Å². The van der Waals surface area contributed by atoms with Gasteiger partial charge in [-0.1, -0.05) is 42.7 Å². The van der Waals surface area contributed by atoms with Crippen molar-refractivity contribution in [2.24, 2.45) is 0 Å². The smallest absolute Gasteiger partial charge is 0.0987 e. The number of benzene rings is 2. The van der Waals surface area contributed by atoms with E-state index in [1.165, 1.54) is 22.1 Å². The number of nitrogens with zero attached hydrogens (tertiary/aromatic N) is 1. The van der Waals surface area contributed by atoms with E-state index >= 15 is 0 Å². The maximum Gasteiger partial charge on any atom is 0.0987 e. The zero-order valence-corrected chi connectivity index (χ0v) is 18.5. The largest absolute Gasteiger partial charge is 0.530 e. The molecule has 1 aliphatic heterocycles. The van der Waals surface area contributed by atoms with E-state index in [1.807, 2.05) is 6.07 Å². The van der Waals surface area contributed by atoms with Gasteiger partial charge in [-0.15, -0.1) is 23.8 Å². The molecule has 0 aliphatic carbocycles. The maximum atomic E-state index is 6.16. The number of aryl methyl sites for hydroxylation is 2. The third-order valence-corrected chi connectivity index (χ3v) is 5.87. The number of ether oxygens (including phenoxy) is 1. The Morgan fingerprint density at radius 3 is 2.46 bits per heavy atom. The summed E-state index contributed by atoms with van der Waals surface area (Å²) in [5, 5.41) is 1.19. The van der Waals surface area contributed by atoms with Crippen molar-refractivity contribution in [3.05, 3.63) is 59.2 Å². The van der Waals surface area contributed by atoms with E-state index < -0.39 is 0 Å². The van der Waals surface area contributed by atoms with E-state index in [1.54, 1.807) is 0 Å². The Labute approximate surface area is 169 Å². The predicted molar refractivity (Wildman–Crippen MR) is 103 cm³/mol. The average Bonchev–Trinajstić information content (AvgIpc) is 2.71. The van der Waals surface area contributed by atoms with Gasteiger partial charge in [-0.05, 0) is 50.9 Å². The number of rotatable bonds is 1. The molecular weight excluding hydrogens is 498 g/mol. The minimum absolute atomic E-state index is 0. The zero-order valence-electron chi connectivity index (χ0n) is 16.2. The van der Waals surface area contributed by atoms with Crippen molar-refractivity contribution in [2.75, 3.05) is 0 Å². The molecule has 26 heavy (non-hydrogen) atoms. The van der Waals surface area contributed by atoms with Gasteiger partial charge in [0, 0.05) is 31.3 Å². The number of hydrogen-bond acceptors (Lipinski definition) is 2. The molecule has 0 amide bonds. The van der Waals surface area contributed by atoms with Gasteiger partial charge in [-0.25, -0.2) is 0 Å². The first-order chi connectivity index (χ1) is 11.7. The molecule has 0 fully saturated rings. The van der Waals surface area contributed by atoms with Crippen LogP contribution in [-0.4, -0.2) is 10.6 Å². The van der Waals surface area contributed by atoms with Gasteiger partial charge in [-0.2, -0.15) is 0 Å². The van der Waals surface area contributed by atoms with Gasteiger partial charge in [0.15, 0.2) is 0 Å². The minimum atomic E-state index is -0.231. The summed E-state index contributed by atoms with van der Waals surface area (Å²) in [4.78, 5) is 4.92. The van der Waals surface area contributed by atoms with Crippen LogP contribution in [0.2, 0.25) is 0 Å². The Morgan fingerprint density at radius 2 is 1.73 bits per heavy atom. The van der Waals surface area contributed by atoms with Crippen molar-refractivity contribution in [1.29, 1.82) is 0 Å². The van der Waals surface area contributed by atoms with Crippen LogP contribution in [0.1, 0.15) is 44.4 Å². The Hall–Kier alpha value is -1.70. The van der Waals surface area contributed by atoms with E-state index in [-0.39, 0.29) is 31.1 Å². The van der Waals surface area contributed by atoms with Gasteiger partial charge in [0.1, 0.15) is 0 Å². The molecular formula is C23H24IrNO-. The van der Waals surface area contributed by atoms with E-state index in [9.17, 15) is 0 Å². The zero-order chi connectivity index (χ0) is 18.0. The quantitative estimate of drug-likeness (QED) is 0.379. The minimum Gasteiger partial charge on any atom is -0.530 e. The molecule has 2 heterocycles. The second kappa shape index (κ2) is 6.18. The van der Waals surface area contributed by atoms with E-state index in [0.29, 0.717) is 0 Å². The van der Waals surface area contributed by atoms with Crippen molar-refractivity contribution < 1.29 is 24.8 Å². The normalized spacial score (nSPS) is 16.7. The fourth-order valence-electron chi connectivity index (χ4n) is 3.59. The van der Waals surface area contributed by atoms with Gasteiger partial charge in [0.25, 0.3) is 0 Å². The molecule has 2 aromatic carbocycles. The number of hydrogen-bond donors (Lipinski definition) is 0. The first-order valence-corrected chi connectivity index (χ1v) is 8.83. The van der Waals surface area contributed by atoms with Crippen LogP contribution in [0.5, 0.6) is 5.75 Å². The second-order valence-corrected chi connectivity index (χ2v) is 8.21. The Morgan fingerprint density at radius 1 is 1.00 bits per heavy atom. The standard InChI is InChI=1S/C23H24NO.Ir/c1-14-7-9-19-17(11-14)12-15(2)21(24-19)16-8-10-20-18(13-16)22(3,4)23(5,6)25-20;/h7,9-13H,1-6H3;/q-1;. The summed E-state index contributed by atoms with van der Waals surface area (Å²) in [5.74, 6) is 0.938. The molecule has 0 atom stereocenters. The van der Waals surface area contributed by atoms with Gasteiger partial charge in [-0.3, -0.25) is 4.98 Å². The van der Waals surface area contributed by atoms with Crippen molar-refractivity contribution in [2.45, 2.75) is 52.6 Å². The molecule has 3 aromatic rings. The van der Waals surface area contributed by atoms with Crippen molar-refractivity contribution in [3.63, 3.8) is 0 Å². The number of pyridine rings is 1. The van der Waals surface area contributed by atoms with Crippen LogP contribution in [0.15, 0.2) is 36.4 Å². The first-order valence-electron chi connectivity index (χ1n) is 8.83. The summed E-state index contributed by atoms with van der Waals surface area (Å²) >= 11 is 0. The molecule has 4 rings (SSSR count). The number of fused-ring (bicyclic) bond motifs is 2. The van der Waals surface area contributed by atoms with Crippen LogP contribution in [0.25, 0.3) is 22.2 Å². The molecule has 0 saturated carbocycles. The SMILES string of the molecule is Cc1ccc2nc(-c3[c-]cc4c(c3)C(C)(C)C(C)(C)O4)c(C)cc2c1.[Ir]. The summed E-state index contributed by atoms with van der Waals surface area (Å²) in [7, 11) is 0. The molecule has 0 spiro atoms. The molecule has 0 unspecified atom stereocenters. The van der Waals surface area contributed by atoms with Gasteiger partial charge < -0.3 is 4.74 Å². The molecule has 0 bridgehead atoms. The first kappa shape index (κ1) is 19.1. The Balaban J connectivity index is 0.00000196. The molecule has 1 aromatic heterocycles. The van der Waals surface area contributed by atoms with E-state index in [4.69, 9.17) is 9.72 Å². The Kier molecular flexibility index (Phi) is 4.53. The fraction of sp³-hybridized carbons (Fsp3) is 0.348. The van der Waals surface area contributed by atoms with Crippen LogP contribution < -0.4 is 4.74 Å². The van der Waals surface area contributed by atoms with Crippen LogP contribution in [-0.2, 0) is 25.5 Å². The monoisotopic (exact) mass is 523 g/mol. The fourth-order valence-corrected chi connectivity index (χ4v) is 3.59. The molecule has 0 N–H and O–H groups in total. The third kappa shape index (κ3) is 2.78. The van der Waals surface area contributed by atoms with Crippen molar-refractivity contribution >= 4 is 10.9 Å². The molecule has 2 nitrogen and oxygen atoms in total. The maximum absolute atomic E-state index is 6.16. The van der Waals surface area contributed by atoms with Crippen LogP contribution in [0, 0.1) is 19.9 Å². The third-order valence-electron chi connectivity index (χ3n) is 5.87. The second-order valence-electron chi connectivity index (χ2n) is 8.21. The van der Waals surface area contributed by atoms with E-state index in [0.717, 1.165) is 22.5 Å². The summed E-state index contributed by atoms with van der Waals surface area (Å²) < 4.78 is 6.16. The van der Waals surface area contributed by atoms with E-state index in [2.05, 4.69) is 77.9 Å². The van der Waals surface area contributed by atoms with Crippen molar-refractivity contribution in [1.82, 2.24) is 4.98 Å². The number of aromatic nitrogens is 1. The molecule has 137 valence electrons. The molecule has 3 heteroatoms. The molecule has 1 radical (unpaired) electrons. The topological polar surface area (TPSA) is 22.1 Å². The predicted octanol–water partition coefficient (Wildman–Crippen LogP) is 5.76. The summed E-state index contributed by atoms with van der Waals surface area (Å²) in [6.07, 6.45) is 0. The summed E-state index contributed by atoms with van der Waals surface area (Å²) in [6, 6.07) is 16.2. The van der Waals surface area contributed by atoms with Gasteiger partial charge in [0.05, 0.1) is 11.1 Å².